The number of aromatic nitrogens is 4. The lowest BCUT2D eigenvalue weighted by Crippen LogP contribution is -2.14. The quantitative estimate of drug-likeness (QED) is 0.774. The molecule has 6 nitrogen and oxygen atoms in total. The van der Waals surface area contributed by atoms with Crippen molar-refractivity contribution in [2.45, 2.75) is 18.4 Å². The zero-order valence-electron chi connectivity index (χ0n) is 9.45. The van der Waals surface area contributed by atoms with Crippen LogP contribution in [0.4, 0.5) is 0 Å². The molecule has 0 fully saturated rings. The lowest BCUT2D eigenvalue weighted by molar-refractivity contribution is 0.364. The molecule has 1 aliphatic carbocycles. The van der Waals surface area contributed by atoms with E-state index in [0.29, 0.717) is 17.4 Å². The molecule has 0 aliphatic heterocycles. The maximum atomic E-state index is 5.79. The summed E-state index contributed by atoms with van der Waals surface area (Å²) < 4.78 is 6.95. The second-order valence-electron chi connectivity index (χ2n) is 4.22. The highest BCUT2D eigenvalue weighted by atomic mass is 16.5. The van der Waals surface area contributed by atoms with Crippen LogP contribution < -0.4 is 5.73 Å². The lowest BCUT2D eigenvalue weighted by atomic mass is 10.1. The van der Waals surface area contributed by atoms with E-state index in [9.17, 15) is 0 Å². The van der Waals surface area contributed by atoms with E-state index in [4.69, 9.17) is 10.3 Å². The fourth-order valence-electron chi connectivity index (χ4n) is 1.93. The Bertz CT molecular complexity index is 556. The van der Waals surface area contributed by atoms with Gasteiger partial charge in [-0.15, -0.1) is 0 Å². The predicted octanol–water partition coefficient (Wildman–Crippen LogP) is 0.841. The summed E-state index contributed by atoms with van der Waals surface area (Å²) in [5.74, 6) is 1.26. The number of allylic oxidation sites excluding steroid dienone is 1. The Kier molecular flexibility index (Phi) is 2.29. The third-order valence-corrected chi connectivity index (χ3v) is 2.82. The summed E-state index contributed by atoms with van der Waals surface area (Å²) in [6, 6.07) is 1.94. The van der Waals surface area contributed by atoms with Gasteiger partial charge in [-0.05, 0) is 12.5 Å². The summed E-state index contributed by atoms with van der Waals surface area (Å²) in [6.07, 6.45) is 6.65. The predicted molar refractivity (Wildman–Crippen MR) is 61.0 cm³/mol. The van der Waals surface area contributed by atoms with Gasteiger partial charge in [-0.3, -0.25) is 4.68 Å². The van der Waals surface area contributed by atoms with Gasteiger partial charge in [-0.1, -0.05) is 17.3 Å². The molecule has 0 saturated carbocycles. The molecule has 6 heteroatoms. The highest BCUT2D eigenvalue weighted by molar-refractivity contribution is 5.46. The van der Waals surface area contributed by atoms with E-state index >= 15 is 0 Å². The molecule has 0 saturated heterocycles. The summed E-state index contributed by atoms with van der Waals surface area (Å²) in [5, 5.41) is 8.16. The average Bonchev–Trinajstić information content (AvgIpc) is 2.96. The Morgan fingerprint density at radius 1 is 1.47 bits per heavy atom. The topological polar surface area (TPSA) is 82.8 Å². The molecule has 0 radical (unpaired) electrons. The molecule has 2 heterocycles. The standard InChI is InChI=1S/C11H13N5O/c1-16-5-4-9(14-16)10-13-11(17-15-10)7-2-3-8(12)6-7/h2-5,7-8H,6,12H2,1H3. The fraction of sp³-hybridized carbons (Fsp3) is 0.364. The van der Waals surface area contributed by atoms with E-state index in [1.54, 1.807) is 4.68 Å². The van der Waals surface area contributed by atoms with Gasteiger partial charge < -0.3 is 10.3 Å². The molecular formula is C11H13N5O. The third kappa shape index (κ3) is 1.87. The number of rotatable bonds is 2. The average molecular weight is 231 g/mol. The molecule has 0 spiro atoms. The normalized spacial score (nSPS) is 23.4. The SMILES string of the molecule is Cn1ccc(-c2noc(C3C=CC(N)C3)n2)n1. The Morgan fingerprint density at radius 3 is 3.00 bits per heavy atom. The van der Waals surface area contributed by atoms with Gasteiger partial charge in [0.05, 0.1) is 5.92 Å². The minimum atomic E-state index is 0.0881. The first kappa shape index (κ1) is 10.2. The Balaban J connectivity index is 1.86. The van der Waals surface area contributed by atoms with Gasteiger partial charge in [0.1, 0.15) is 5.69 Å². The Hall–Kier alpha value is -1.95. The first-order valence-corrected chi connectivity index (χ1v) is 5.50. The van der Waals surface area contributed by atoms with Crippen molar-refractivity contribution in [1.29, 1.82) is 0 Å². The van der Waals surface area contributed by atoms with Crippen LogP contribution in [0.1, 0.15) is 18.2 Å². The van der Waals surface area contributed by atoms with Crippen LogP contribution in [0.25, 0.3) is 11.5 Å². The van der Waals surface area contributed by atoms with Crippen molar-refractivity contribution in [2.75, 3.05) is 0 Å². The minimum Gasteiger partial charge on any atom is -0.338 e. The lowest BCUT2D eigenvalue weighted by Gasteiger charge is -2.01. The van der Waals surface area contributed by atoms with Crippen LogP contribution in [0.2, 0.25) is 0 Å². The van der Waals surface area contributed by atoms with Gasteiger partial charge in [0, 0.05) is 19.3 Å². The van der Waals surface area contributed by atoms with Gasteiger partial charge in [-0.25, -0.2) is 0 Å². The van der Waals surface area contributed by atoms with E-state index in [0.717, 1.165) is 6.42 Å². The van der Waals surface area contributed by atoms with Crippen molar-refractivity contribution in [2.24, 2.45) is 12.8 Å². The van der Waals surface area contributed by atoms with Crippen LogP contribution >= 0.6 is 0 Å². The molecule has 2 N–H and O–H groups in total. The second kappa shape index (κ2) is 3.81. The van der Waals surface area contributed by atoms with Crippen LogP contribution in [0.3, 0.4) is 0 Å². The Morgan fingerprint density at radius 2 is 2.35 bits per heavy atom. The fourth-order valence-corrected chi connectivity index (χ4v) is 1.93. The van der Waals surface area contributed by atoms with Crippen molar-refractivity contribution in [3.05, 3.63) is 30.3 Å². The Labute approximate surface area is 98.1 Å². The summed E-state index contributed by atoms with van der Waals surface area (Å²) in [6.45, 7) is 0. The number of hydrogen-bond acceptors (Lipinski definition) is 5. The third-order valence-electron chi connectivity index (χ3n) is 2.82. The smallest absolute Gasteiger partial charge is 0.234 e. The highest BCUT2D eigenvalue weighted by Gasteiger charge is 2.23. The van der Waals surface area contributed by atoms with Crippen LogP contribution in [0.5, 0.6) is 0 Å². The van der Waals surface area contributed by atoms with E-state index < -0.39 is 0 Å². The van der Waals surface area contributed by atoms with Crippen LogP contribution in [-0.4, -0.2) is 26.0 Å². The molecule has 1 aliphatic rings. The largest absolute Gasteiger partial charge is 0.338 e. The summed E-state index contributed by atoms with van der Waals surface area (Å²) in [4.78, 5) is 4.35. The summed E-state index contributed by atoms with van der Waals surface area (Å²) >= 11 is 0. The maximum absolute atomic E-state index is 5.79. The van der Waals surface area contributed by atoms with Crippen molar-refractivity contribution in [1.82, 2.24) is 19.9 Å². The zero-order valence-corrected chi connectivity index (χ0v) is 9.45. The number of nitrogens with two attached hydrogens (primary N) is 1. The molecule has 2 aromatic rings. The van der Waals surface area contributed by atoms with E-state index in [1.165, 1.54) is 0 Å². The van der Waals surface area contributed by atoms with Gasteiger partial charge in [0.25, 0.3) is 0 Å². The van der Waals surface area contributed by atoms with Gasteiger partial charge >= 0.3 is 0 Å². The summed E-state index contributed by atoms with van der Waals surface area (Å²) in [7, 11) is 1.85. The monoisotopic (exact) mass is 231 g/mol. The molecule has 2 atom stereocenters. The molecule has 2 unspecified atom stereocenters. The van der Waals surface area contributed by atoms with Crippen LogP contribution in [0, 0.1) is 0 Å². The number of aryl methyl sites for hydroxylation is 1. The second-order valence-corrected chi connectivity index (χ2v) is 4.22. The van der Waals surface area contributed by atoms with Gasteiger partial charge in [-0.2, -0.15) is 10.1 Å². The molecule has 2 aromatic heterocycles. The molecule has 0 aromatic carbocycles. The van der Waals surface area contributed by atoms with E-state index in [-0.39, 0.29) is 12.0 Å². The maximum Gasteiger partial charge on any atom is 0.234 e. The van der Waals surface area contributed by atoms with Crippen molar-refractivity contribution in [3.8, 4) is 11.5 Å². The number of hydrogen-bond donors (Lipinski definition) is 1. The molecular weight excluding hydrogens is 218 g/mol. The van der Waals surface area contributed by atoms with Crippen LogP contribution in [-0.2, 0) is 7.05 Å². The van der Waals surface area contributed by atoms with Crippen LogP contribution in [0.15, 0.2) is 28.9 Å². The molecule has 0 bridgehead atoms. The van der Waals surface area contributed by atoms with Crippen molar-refractivity contribution >= 4 is 0 Å². The van der Waals surface area contributed by atoms with E-state index in [1.807, 2.05) is 31.5 Å². The molecule has 88 valence electrons. The minimum absolute atomic E-state index is 0.0881. The first-order chi connectivity index (χ1) is 8.22. The first-order valence-electron chi connectivity index (χ1n) is 5.50. The van der Waals surface area contributed by atoms with Gasteiger partial charge in [0.15, 0.2) is 0 Å². The highest BCUT2D eigenvalue weighted by Crippen LogP contribution is 2.27. The van der Waals surface area contributed by atoms with E-state index in [2.05, 4.69) is 15.2 Å². The van der Waals surface area contributed by atoms with Crippen molar-refractivity contribution < 1.29 is 4.52 Å². The molecule has 0 amide bonds. The molecule has 3 rings (SSSR count). The summed E-state index contributed by atoms with van der Waals surface area (Å²) in [5.41, 5.74) is 6.51. The van der Waals surface area contributed by atoms with Gasteiger partial charge in [0.2, 0.25) is 11.7 Å². The number of nitrogens with zero attached hydrogens (tertiary/aromatic N) is 4. The van der Waals surface area contributed by atoms with Crippen molar-refractivity contribution in [3.63, 3.8) is 0 Å². The molecule has 17 heavy (non-hydrogen) atoms. The zero-order chi connectivity index (χ0) is 11.8.